The number of anilines is 1. The molecule has 0 atom stereocenters. The monoisotopic (exact) mass is 357 g/mol. The summed E-state index contributed by atoms with van der Waals surface area (Å²) in [5.41, 5.74) is 0.447. The number of nitrogens with one attached hydrogen (secondary N) is 1. The zero-order valence-corrected chi connectivity index (χ0v) is 13.2. The van der Waals surface area contributed by atoms with E-state index < -0.39 is 0 Å². The van der Waals surface area contributed by atoms with Crippen molar-refractivity contribution < 1.29 is 13.9 Å². The number of hydrogen-bond acceptors (Lipinski definition) is 4. The van der Waals surface area contributed by atoms with Crippen molar-refractivity contribution >= 4 is 38.9 Å². The molecule has 1 N–H and O–H groups in total. The van der Waals surface area contributed by atoms with Crippen molar-refractivity contribution in [1.82, 2.24) is 0 Å². The molecule has 0 saturated heterocycles. The molecule has 6 heteroatoms. The number of thiophene rings is 1. The molecule has 0 aliphatic heterocycles. The van der Waals surface area contributed by atoms with Crippen molar-refractivity contribution in [3.63, 3.8) is 0 Å². The average molecular weight is 358 g/mol. The maximum atomic E-state index is 13.6. The minimum atomic E-state index is -0.292. The second kappa shape index (κ2) is 6.85. The topological polar surface area (TPSA) is 38.3 Å². The van der Waals surface area contributed by atoms with Crippen LogP contribution in [0.2, 0.25) is 0 Å². The van der Waals surface area contributed by atoms with E-state index in [4.69, 9.17) is 0 Å². The first-order valence-electron chi connectivity index (χ1n) is 5.92. The molecule has 2 aromatic rings. The lowest BCUT2D eigenvalue weighted by Gasteiger charge is -2.06. The molecule has 2 rings (SSSR count). The van der Waals surface area contributed by atoms with Crippen molar-refractivity contribution in [3.8, 4) is 0 Å². The van der Waals surface area contributed by atoms with E-state index in [1.165, 1.54) is 24.5 Å². The summed E-state index contributed by atoms with van der Waals surface area (Å²) in [5, 5.41) is 3.04. The van der Waals surface area contributed by atoms with Crippen molar-refractivity contribution in [2.45, 2.75) is 13.0 Å². The fourth-order valence-corrected chi connectivity index (χ4v) is 2.95. The zero-order chi connectivity index (χ0) is 14.5. The van der Waals surface area contributed by atoms with Crippen LogP contribution >= 0.6 is 27.3 Å². The van der Waals surface area contributed by atoms with E-state index in [2.05, 4.69) is 26.0 Å². The van der Waals surface area contributed by atoms with Gasteiger partial charge in [-0.2, -0.15) is 0 Å². The van der Waals surface area contributed by atoms with E-state index in [9.17, 15) is 9.18 Å². The van der Waals surface area contributed by atoms with Gasteiger partial charge in [-0.15, -0.1) is 11.3 Å². The number of carbonyl (C=O) groups excluding carboxylic acids is 1. The smallest absolute Gasteiger partial charge is 0.310 e. The highest BCUT2D eigenvalue weighted by Gasteiger charge is 2.07. The molecule has 0 aliphatic carbocycles. The molecule has 0 spiro atoms. The Kier molecular flexibility index (Phi) is 5.14. The number of hydrogen-bond donors (Lipinski definition) is 1. The summed E-state index contributed by atoms with van der Waals surface area (Å²) in [4.78, 5) is 13.1. The van der Waals surface area contributed by atoms with E-state index in [1.807, 2.05) is 12.1 Å². The second-order valence-electron chi connectivity index (χ2n) is 4.10. The molecule has 3 nitrogen and oxygen atoms in total. The number of rotatable bonds is 5. The van der Waals surface area contributed by atoms with Gasteiger partial charge in [0, 0.05) is 20.8 Å². The van der Waals surface area contributed by atoms with Crippen LogP contribution in [0.15, 0.2) is 34.8 Å². The number of esters is 1. The highest BCUT2D eigenvalue weighted by atomic mass is 79.9. The molecule has 0 amide bonds. The third-order valence-corrected chi connectivity index (χ3v) is 4.22. The Bertz CT molecular complexity index is 615. The highest BCUT2D eigenvalue weighted by molar-refractivity contribution is 9.10. The summed E-state index contributed by atoms with van der Waals surface area (Å²) in [6.45, 7) is 0.513. The number of methoxy groups -OCH3 is 1. The van der Waals surface area contributed by atoms with Gasteiger partial charge in [-0.25, -0.2) is 4.39 Å². The predicted molar refractivity (Wildman–Crippen MR) is 81.5 cm³/mol. The van der Waals surface area contributed by atoms with Crippen molar-refractivity contribution in [3.05, 3.63) is 50.4 Å². The van der Waals surface area contributed by atoms with Crippen LogP contribution < -0.4 is 5.32 Å². The summed E-state index contributed by atoms with van der Waals surface area (Å²) in [5.74, 6) is -0.552. The molecule has 1 aromatic carbocycles. The lowest BCUT2D eigenvalue weighted by Crippen LogP contribution is -2.02. The van der Waals surface area contributed by atoms with Gasteiger partial charge < -0.3 is 10.1 Å². The van der Waals surface area contributed by atoms with Gasteiger partial charge in [0.15, 0.2) is 0 Å². The predicted octanol–water partition coefficient (Wildman–Crippen LogP) is 3.98. The number of ether oxygens (including phenoxy) is 1. The van der Waals surface area contributed by atoms with Crippen molar-refractivity contribution in [1.29, 1.82) is 0 Å². The third kappa shape index (κ3) is 4.05. The minimum absolute atomic E-state index is 0.260. The molecule has 0 saturated carbocycles. The van der Waals surface area contributed by atoms with Gasteiger partial charge in [-0.1, -0.05) is 15.9 Å². The Morgan fingerprint density at radius 3 is 2.85 bits per heavy atom. The molecule has 0 radical (unpaired) electrons. The summed E-state index contributed by atoms with van der Waals surface area (Å²) < 4.78 is 19.0. The van der Waals surface area contributed by atoms with Crippen molar-refractivity contribution in [2.24, 2.45) is 0 Å². The minimum Gasteiger partial charge on any atom is -0.469 e. The van der Waals surface area contributed by atoms with E-state index in [1.54, 1.807) is 12.1 Å². The number of carbonyl (C=O) groups is 1. The van der Waals surface area contributed by atoms with Crippen LogP contribution in [0.5, 0.6) is 0 Å². The molecule has 20 heavy (non-hydrogen) atoms. The van der Waals surface area contributed by atoms with Gasteiger partial charge in [0.05, 0.1) is 19.2 Å². The Balaban J connectivity index is 1.97. The molecule has 0 unspecified atom stereocenters. The Morgan fingerprint density at radius 2 is 2.10 bits per heavy atom. The molecule has 0 bridgehead atoms. The van der Waals surface area contributed by atoms with Crippen LogP contribution in [-0.4, -0.2) is 13.1 Å². The Labute approximate surface area is 128 Å². The molecule has 1 heterocycles. The van der Waals surface area contributed by atoms with E-state index in [0.29, 0.717) is 12.2 Å². The standard InChI is InChI=1S/C14H13BrFNO2S/c1-19-14(18)7-10-3-4-11(20-10)8-17-13-6-9(15)2-5-12(13)16/h2-6,17H,7-8H2,1H3. The first-order chi connectivity index (χ1) is 9.58. The maximum Gasteiger partial charge on any atom is 0.310 e. The van der Waals surface area contributed by atoms with E-state index in [0.717, 1.165) is 14.2 Å². The Morgan fingerprint density at radius 1 is 1.35 bits per heavy atom. The SMILES string of the molecule is COC(=O)Cc1ccc(CNc2cc(Br)ccc2F)s1. The van der Waals surface area contributed by atoms with Gasteiger partial charge in [0.25, 0.3) is 0 Å². The highest BCUT2D eigenvalue weighted by Crippen LogP contribution is 2.23. The van der Waals surface area contributed by atoms with Crippen LogP contribution in [0.4, 0.5) is 10.1 Å². The lowest BCUT2D eigenvalue weighted by atomic mass is 10.3. The van der Waals surface area contributed by atoms with Gasteiger partial charge in [0.2, 0.25) is 0 Å². The van der Waals surface area contributed by atoms with Crippen LogP contribution in [0.1, 0.15) is 9.75 Å². The Hall–Kier alpha value is -1.40. The van der Waals surface area contributed by atoms with E-state index >= 15 is 0 Å². The molecule has 106 valence electrons. The summed E-state index contributed by atoms with van der Waals surface area (Å²) >= 11 is 4.81. The lowest BCUT2D eigenvalue weighted by molar-refractivity contribution is -0.139. The third-order valence-electron chi connectivity index (χ3n) is 2.65. The van der Waals surface area contributed by atoms with Gasteiger partial charge in [0.1, 0.15) is 5.82 Å². The average Bonchev–Trinajstić information content (AvgIpc) is 2.87. The first-order valence-corrected chi connectivity index (χ1v) is 7.53. The summed E-state index contributed by atoms with van der Waals surface area (Å²) in [6, 6.07) is 8.56. The summed E-state index contributed by atoms with van der Waals surface area (Å²) in [7, 11) is 1.37. The van der Waals surface area contributed by atoms with Crippen LogP contribution in [0.25, 0.3) is 0 Å². The van der Waals surface area contributed by atoms with Crippen LogP contribution in [-0.2, 0) is 22.5 Å². The molecule has 0 fully saturated rings. The zero-order valence-electron chi connectivity index (χ0n) is 10.8. The fourth-order valence-electron chi connectivity index (χ4n) is 1.64. The number of benzene rings is 1. The first kappa shape index (κ1) is 15.0. The van der Waals surface area contributed by atoms with Crippen molar-refractivity contribution in [2.75, 3.05) is 12.4 Å². The summed E-state index contributed by atoms with van der Waals surface area (Å²) in [6.07, 6.45) is 0.270. The molecular weight excluding hydrogens is 345 g/mol. The molecule has 0 aliphatic rings. The van der Waals surface area contributed by atoms with Crippen LogP contribution in [0.3, 0.4) is 0 Å². The molecule has 1 aromatic heterocycles. The fraction of sp³-hybridized carbons (Fsp3) is 0.214. The van der Waals surface area contributed by atoms with Gasteiger partial charge >= 0.3 is 5.97 Å². The second-order valence-corrected chi connectivity index (χ2v) is 6.27. The van der Waals surface area contributed by atoms with Gasteiger partial charge in [-0.05, 0) is 30.3 Å². The maximum absolute atomic E-state index is 13.6. The van der Waals surface area contributed by atoms with E-state index in [-0.39, 0.29) is 18.2 Å². The van der Waals surface area contributed by atoms with Crippen LogP contribution in [0, 0.1) is 5.82 Å². The normalized spacial score (nSPS) is 10.3. The molecular formula is C14H13BrFNO2S. The quantitative estimate of drug-likeness (QED) is 0.822. The largest absolute Gasteiger partial charge is 0.469 e. The van der Waals surface area contributed by atoms with Gasteiger partial charge in [-0.3, -0.25) is 4.79 Å². The number of halogens is 2.